The first-order valence-corrected chi connectivity index (χ1v) is 11.2. The van der Waals surface area contributed by atoms with Crippen molar-refractivity contribution in [2.75, 3.05) is 6.61 Å². The molecule has 0 fully saturated rings. The van der Waals surface area contributed by atoms with E-state index in [1.807, 2.05) is 12.1 Å². The summed E-state index contributed by atoms with van der Waals surface area (Å²) in [6, 6.07) is 17.1. The zero-order valence-corrected chi connectivity index (χ0v) is 18.8. The molecule has 0 saturated carbocycles. The molecule has 2 nitrogen and oxygen atoms in total. The van der Waals surface area contributed by atoms with Gasteiger partial charge in [0.1, 0.15) is 5.75 Å². The molecule has 0 amide bonds. The molecule has 0 aliphatic rings. The highest BCUT2D eigenvalue weighted by atomic mass is 19.3. The van der Waals surface area contributed by atoms with E-state index in [0.717, 1.165) is 30.4 Å². The van der Waals surface area contributed by atoms with E-state index < -0.39 is 24.2 Å². The summed E-state index contributed by atoms with van der Waals surface area (Å²) in [5.41, 5.74) is 2.99. The topological polar surface area (TPSA) is 18.5 Å². The smallest absolute Gasteiger partial charge is 0.398 e. The molecular weight excluding hydrogens is 432 g/mol. The lowest BCUT2D eigenvalue weighted by atomic mass is 10.0. The summed E-state index contributed by atoms with van der Waals surface area (Å²) < 4.78 is 66.6. The van der Waals surface area contributed by atoms with Crippen LogP contribution < -0.4 is 9.47 Å². The van der Waals surface area contributed by atoms with Crippen molar-refractivity contribution < 1.29 is 27.0 Å². The number of rotatable bonds is 11. The molecule has 0 radical (unpaired) electrons. The Bertz CT molecular complexity index is 1030. The van der Waals surface area contributed by atoms with Crippen molar-refractivity contribution in [2.45, 2.75) is 52.1 Å². The highest BCUT2D eigenvalue weighted by Gasteiger charge is 2.32. The summed E-state index contributed by atoms with van der Waals surface area (Å²) in [4.78, 5) is 0. The molecule has 33 heavy (non-hydrogen) atoms. The predicted molar refractivity (Wildman–Crippen MR) is 122 cm³/mol. The van der Waals surface area contributed by atoms with E-state index in [4.69, 9.17) is 9.47 Å². The zero-order valence-electron chi connectivity index (χ0n) is 18.8. The number of alkyl halides is 2. The van der Waals surface area contributed by atoms with Crippen LogP contribution in [-0.2, 0) is 12.8 Å². The summed E-state index contributed by atoms with van der Waals surface area (Å²) in [5.74, 6) is -2.59. The Kier molecular flexibility index (Phi) is 8.37. The summed E-state index contributed by atoms with van der Waals surface area (Å²) in [6.45, 7) is 3.96. The van der Waals surface area contributed by atoms with Crippen LogP contribution in [0.5, 0.6) is 11.5 Å². The van der Waals surface area contributed by atoms with Crippen molar-refractivity contribution >= 4 is 0 Å². The van der Waals surface area contributed by atoms with Gasteiger partial charge in [0, 0.05) is 0 Å². The van der Waals surface area contributed by atoms with Crippen LogP contribution in [0.2, 0.25) is 0 Å². The van der Waals surface area contributed by atoms with Crippen LogP contribution in [0.25, 0.3) is 11.1 Å². The highest BCUT2D eigenvalue weighted by molar-refractivity contribution is 5.64. The lowest BCUT2D eigenvalue weighted by Crippen LogP contribution is -2.25. The third-order valence-electron chi connectivity index (χ3n) is 5.34. The van der Waals surface area contributed by atoms with Crippen molar-refractivity contribution in [3.63, 3.8) is 0 Å². The van der Waals surface area contributed by atoms with Gasteiger partial charge in [-0.3, -0.25) is 0 Å². The molecule has 176 valence electrons. The number of ether oxygens (including phenoxy) is 2. The van der Waals surface area contributed by atoms with Crippen LogP contribution in [0, 0.1) is 11.6 Å². The molecular formula is C27H28F4O2. The summed E-state index contributed by atoms with van der Waals surface area (Å²) >= 11 is 0. The Hall–Kier alpha value is -3.02. The third kappa shape index (κ3) is 6.73. The fourth-order valence-electron chi connectivity index (χ4n) is 3.50. The number of hydrogen-bond acceptors (Lipinski definition) is 2. The average molecular weight is 461 g/mol. The molecule has 3 rings (SSSR count). The van der Waals surface area contributed by atoms with Crippen molar-refractivity contribution in [1.29, 1.82) is 0 Å². The van der Waals surface area contributed by atoms with Crippen molar-refractivity contribution in [2.24, 2.45) is 0 Å². The van der Waals surface area contributed by atoms with E-state index >= 15 is 0 Å². The van der Waals surface area contributed by atoms with Gasteiger partial charge in [0.2, 0.25) is 5.82 Å². The molecule has 0 heterocycles. The maximum absolute atomic E-state index is 14.3. The second-order valence-electron chi connectivity index (χ2n) is 7.85. The van der Waals surface area contributed by atoms with E-state index in [-0.39, 0.29) is 30.1 Å². The Morgan fingerprint density at radius 1 is 0.758 bits per heavy atom. The summed E-state index contributed by atoms with van der Waals surface area (Å²) in [6.07, 6.45) is -1.40. The normalized spacial score (nSPS) is 11.5. The van der Waals surface area contributed by atoms with Gasteiger partial charge in [0.25, 0.3) is 0 Å². The van der Waals surface area contributed by atoms with Gasteiger partial charge in [-0.15, -0.1) is 0 Å². The van der Waals surface area contributed by atoms with Crippen molar-refractivity contribution in [3.05, 3.63) is 83.4 Å². The molecule has 0 aliphatic carbocycles. The van der Waals surface area contributed by atoms with Crippen molar-refractivity contribution in [1.82, 2.24) is 0 Å². The second kappa shape index (κ2) is 11.2. The Morgan fingerprint density at radius 2 is 1.39 bits per heavy atom. The minimum absolute atomic E-state index is 0.00154. The van der Waals surface area contributed by atoms with Gasteiger partial charge < -0.3 is 9.47 Å². The minimum atomic E-state index is -3.54. The first-order chi connectivity index (χ1) is 15.8. The van der Waals surface area contributed by atoms with Crippen LogP contribution >= 0.6 is 0 Å². The molecule has 0 spiro atoms. The largest absolute Gasteiger partial charge is 0.491 e. The van der Waals surface area contributed by atoms with E-state index in [1.54, 1.807) is 19.1 Å². The maximum atomic E-state index is 14.3. The molecule has 0 bridgehead atoms. The summed E-state index contributed by atoms with van der Waals surface area (Å²) in [7, 11) is 0. The molecule has 0 unspecified atom stereocenters. The standard InChI is InChI=1S/C27H28F4O2/c1-3-5-6-19-7-9-20(10-8-19)21-11-14-23(15-12-21)33-27(30,31)18-17-22-13-16-24(32-4-2)26(29)25(22)28/h7-16H,3-6,17-18H2,1-2H3. The first kappa shape index (κ1) is 24.6. The van der Waals surface area contributed by atoms with Gasteiger partial charge in [0.05, 0.1) is 13.0 Å². The van der Waals surface area contributed by atoms with E-state index in [1.165, 1.54) is 29.8 Å². The maximum Gasteiger partial charge on any atom is 0.398 e. The Balaban J connectivity index is 1.60. The van der Waals surface area contributed by atoms with Gasteiger partial charge in [-0.1, -0.05) is 55.8 Å². The number of aryl methyl sites for hydroxylation is 2. The predicted octanol–water partition coefficient (Wildman–Crippen LogP) is 7.98. The lowest BCUT2D eigenvalue weighted by Gasteiger charge is -2.18. The molecule has 0 aliphatic heterocycles. The molecule has 3 aromatic carbocycles. The summed E-state index contributed by atoms with van der Waals surface area (Å²) in [5, 5.41) is 0. The third-order valence-corrected chi connectivity index (χ3v) is 5.34. The monoisotopic (exact) mass is 460 g/mol. The van der Waals surface area contributed by atoms with Gasteiger partial charge in [-0.25, -0.2) is 4.39 Å². The number of benzene rings is 3. The minimum Gasteiger partial charge on any atom is -0.491 e. The number of hydrogen-bond donors (Lipinski definition) is 0. The molecule has 0 aromatic heterocycles. The fraction of sp³-hybridized carbons (Fsp3) is 0.333. The van der Waals surface area contributed by atoms with Gasteiger partial charge in [-0.05, 0) is 66.6 Å². The van der Waals surface area contributed by atoms with E-state index in [2.05, 4.69) is 19.1 Å². The highest BCUT2D eigenvalue weighted by Crippen LogP contribution is 2.30. The van der Waals surface area contributed by atoms with E-state index in [9.17, 15) is 17.6 Å². The Labute approximate surface area is 192 Å². The first-order valence-electron chi connectivity index (χ1n) is 11.2. The van der Waals surface area contributed by atoms with Crippen LogP contribution in [0.3, 0.4) is 0 Å². The Morgan fingerprint density at radius 3 is 2.00 bits per heavy atom. The molecule has 0 N–H and O–H groups in total. The average Bonchev–Trinajstić information content (AvgIpc) is 2.81. The van der Waals surface area contributed by atoms with Crippen LogP contribution in [0.4, 0.5) is 17.6 Å². The quantitative estimate of drug-likeness (QED) is 0.270. The van der Waals surface area contributed by atoms with Crippen LogP contribution in [0.1, 0.15) is 44.2 Å². The lowest BCUT2D eigenvalue weighted by molar-refractivity contribution is -0.180. The van der Waals surface area contributed by atoms with Gasteiger partial charge in [-0.2, -0.15) is 13.2 Å². The van der Waals surface area contributed by atoms with Crippen LogP contribution in [0.15, 0.2) is 60.7 Å². The fourth-order valence-corrected chi connectivity index (χ4v) is 3.50. The zero-order chi connectivity index (χ0) is 23.8. The SMILES string of the molecule is CCCCc1ccc(-c2ccc(OC(F)(F)CCc3ccc(OCC)c(F)c3F)cc2)cc1. The molecule has 6 heteroatoms. The van der Waals surface area contributed by atoms with E-state index in [0.29, 0.717) is 0 Å². The second-order valence-corrected chi connectivity index (χ2v) is 7.85. The number of unbranched alkanes of at least 4 members (excludes halogenated alkanes) is 1. The molecule has 0 atom stereocenters. The van der Waals surface area contributed by atoms with Gasteiger partial charge >= 0.3 is 6.11 Å². The molecule has 0 saturated heterocycles. The number of halogens is 4. The van der Waals surface area contributed by atoms with Gasteiger partial charge in [0.15, 0.2) is 11.6 Å². The van der Waals surface area contributed by atoms with Crippen LogP contribution in [-0.4, -0.2) is 12.7 Å². The van der Waals surface area contributed by atoms with Crippen molar-refractivity contribution in [3.8, 4) is 22.6 Å². The molecule has 3 aromatic rings.